The number of pyridine rings is 1. The van der Waals surface area contributed by atoms with E-state index in [0.29, 0.717) is 6.10 Å². The van der Waals surface area contributed by atoms with Crippen molar-refractivity contribution in [2.45, 2.75) is 52.1 Å². The van der Waals surface area contributed by atoms with E-state index in [2.05, 4.69) is 11.9 Å². The summed E-state index contributed by atoms with van der Waals surface area (Å²) >= 11 is 0. The van der Waals surface area contributed by atoms with Crippen LogP contribution in [-0.4, -0.2) is 11.1 Å². The molecule has 1 saturated carbocycles. The Kier molecular flexibility index (Phi) is 3.87. The fourth-order valence-electron chi connectivity index (χ4n) is 2.50. The minimum atomic E-state index is 0.337. The van der Waals surface area contributed by atoms with Gasteiger partial charge in [-0.1, -0.05) is 19.8 Å². The first-order valence-electron chi connectivity index (χ1n) is 6.58. The highest BCUT2D eigenvalue weighted by Crippen LogP contribution is 2.29. The maximum absolute atomic E-state index is 5.96. The molecule has 1 fully saturated rings. The van der Waals surface area contributed by atoms with E-state index in [9.17, 15) is 0 Å². The Hall–Kier alpha value is -1.25. The summed E-state index contributed by atoms with van der Waals surface area (Å²) < 4.78 is 5.96. The second-order valence-electron chi connectivity index (χ2n) is 5.00. The predicted molar refractivity (Wildman–Crippen MR) is 70.1 cm³/mol. The van der Waals surface area contributed by atoms with E-state index in [1.54, 1.807) is 0 Å². The summed E-state index contributed by atoms with van der Waals surface area (Å²) in [5.41, 5.74) is 7.33. The number of ether oxygens (including phenoxy) is 1. The summed E-state index contributed by atoms with van der Waals surface area (Å²) in [7, 11) is 0. The van der Waals surface area contributed by atoms with Gasteiger partial charge in [-0.25, -0.2) is 4.98 Å². The van der Waals surface area contributed by atoms with Crippen LogP contribution in [0.1, 0.15) is 44.7 Å². The largest absolute Gasteiger partial charge is 0.474 e. The minimum absolute atomic E-state index is 0.337. The average Bonchev–Trinajstić information content (AvgIpc) is 2.34. The maximum Gasteiger partial charge on any atom is 0.213 e. The van der Waals surface area contributed by atoms with Crippen molar-refractivity contribution in [2.75, 3.05) is 5.73 Å². The molecule has 1 heterocycles. The SMILES string of the molecule is CCC1CCCC(Oc2ccc(N)c(C)n2)C1. The third kappa shape index (κ3) is 3.11. The Morgan fingerprint density at radius 3 is 2.94 bits per heavy atom. The lowest BCUT2D eigenvalue weighted by Crippen LogP contribution is -2.25. The van der Waals surface area contributed by atoms with E-state index < -0.39 is 0 Å². The molecule has 0 radical (unpaired) electrons. The van der Waals surface area contributed by atoms with Gasteiger partial charge in [0.1, 0.15) is 6.10 Å². The number of rotatable bonds is 3. The molecule has 0 amide bonds. The van der Waals surface area contributed by atoms with Gasteiger partial charge in [0.2, 0.25) is 5.88 Å². The molecule has 2 rings (SSSR count). The molecule has 2 atom stereocenters. The van der Waals surface area contributed by atoms with Crippen LogP contribution in [-0.2, 0) is 0 Å². The van der Waals surface area contributed by atoms with Crippen molar-refractivity contribution in [1.82, 2.24) is 4.98 Å². The molecule has 1 aromatic rings. The molecule has 17 heavy (non-hydrogen) atoms. The van der Waals surface area contributed by atoms with Crippen molar-refractivity contribution in [1.29, 1.82) is 0 Å². The molecule has 1 aliphatic carbocycles. The monoisotopic (exact) mass is 234 g/mol. The molecular weight excluding hydrogens is 212 g/mol. The molecule has 0 spiro atoms. The van der Waals surface area contributed by atoms with Gasteiger partial charge >= 0.3 is 0 Å². The van der Waals surface area contributed by atoms with Crippen LogP contribution in [0.15, 0.2) is 12.1 Å². The van der Waals surface area contributed by atoms with E-state index >= 15 is 0 Å². The summed E-state index contributed by atoms with van der Waals surface area (Å²) in [6, 6.07) is 3.75. The summed E-state index contributed by atoms with van der Waals surface area (Å²) in [5, 5.41) is 0. The van der Waals surface area contributed by atoms with Gasteiger partial charge in [0, 0.05) is 6.07 Å². The topological polar surface area (TPSA) is 48.1 Å². The number of nitrogens with two attached hydrogens (primary N) is 1. The molecule has 0 saturated heterocycles. The van der Waals surface area contributed by atoms with Gasteiger partial charge in [-0.15, -0.1) is 0 Å². The smallest absolute Gasteiger partial charge is 0.213 e. The molecule has 0 aromatic carbocycles. The molecule has 1 aromatic heterocycles. The molecule has 94 valence electrons. The van der Waals surface area contributed by atoms with Crippen molar-refractivity contribution in [3.63, 3.8) is 0 Å². The lowest BCUT2D eigenvalue weighted by atomic mass is 9.85. The van der Waals surface area contributed by atoms with E-state index in [-0.39, 0.29) is 0 Å². The number of anilines is 1. The number of hydrogen-bond donors (Lipinski definition) is 1. The Labute approximate surface area is 103 Å². The Bertz CT molecular complexity index is 378. The lowest BCUT2D eigenvalue weighted by molar-refractivity contribution is 0.117. The predicted octanol–water partition coefficient (Wildman–Crippen LogP) is 3.32. The number of nitrogens with zero attached hydrogens (tertiary/aromatic N) is 1. The van der Waals surface area contributed by atoms with E-state index in [4.69, 9.17) is 10.5 Å². The summed E-state index contributed by atoms with van der Waals surface area (Å²) in [6.07, 6.45) is 6.54. The summed E-state index contributed by atoms with van der Waals surface area (Å²) in [4.78, 5) is 4.37. The summed E-state index contributed by atoms with van der Waals surface area (Å²) in [6.45, 7) is 4.18. The first kappa shape index (κ1) is 12.2. The molecule has 3 nitrogen and oxygen atoms in total. The Balaban J connectivity index is 1.97. The zero-order chi connectivity index (χ0) is 12.3. The first-order valence-corrected chi connectivity index (χ1v) is 6.58. The van der Waals surface area contributed by atoms with Gasteiger partial charge < -0.3 is 10.5 Å². The first-order chi connectivity index (χ1) is 8.19. The van der Waals surface area contributed by atoms with Crippen LogP contribution in [0.4, 0.5) is 5.69 Å². The van der Waals surface area contributed by atoms with Crippen LogP contribution >= 0.6 is 0 Å². The molecule has 2 N–H and O–H groups in total. The Morgan fingerprint density at radius 2 is 2.24 bits per heavy atom. The second kappa shape index (κ2) is 5.39. The standard InChI is InChI=1S/C14H22N2O/c1-3-11-5-4-6-12(9-11)17-14-8-7-13(15)10(2)16-14/h7-8,11-12H,3-6,9,15H2,1-2H3. The molecule has 0 bridgehead atoms. The van der Waals surface area contributed by atoms with Crippen LogP contribution < -0.4 is 10.5 Å². The molecular formula is C14H22N2O. The van der Waals surface area contributed by atoms with Crippen LogP contribution in [0.25, 0.3) is 0 Å². The zero-order valence-corrected chi connectivity index (χ0v) is 10.8. The fourth-order valence-corrected chi connectivity index (χ4v) is 2.50. The number of nitrogen functional groups attached to an aromatic ring is 1. The van der Waals surface area contributed by atoms with E-state index in [1.807, 2.05) is 19.1 Å². The van der Waals surface area contributed by atoms with Crippen LogP contribution in [0.2, 0.25) is 0 Å². The minimum Gasteiger partial charge on any atom is -0.474 e. The van der Waals surface area contributed by atoms with Crippen LogP contribution in [0.5, 0.6) is 5.88 Å². The third-order valence-corrected chi connectivity index (χ3v) is 3.70. The molecule has 1 aliphatic rings. The highest BCUT2D eigenvalue weighted by Gasteiger charge is 2.22. The average molecular weight is 234 g/mol. The normalized spacial score (nSPS) is 24.6. The summed E-state index contributed by atoms with van der Waals surface area (Å²) in [5.74, 6) is 1.54. The van der Waals surface area contributed by atoms with Crippen molar-refractivity contribution >= 4 is 5.69 Å². The van der Waals surface area contributed by atoms with Gasteiger partial charge in [0.05, 0.1) is 11.4 Å². The molecule has 0 aliphatic heterocycles. The van der Waals surface area contributed by atoms with Crippen molar-refractivity contribution in [2.24, 2.45) is 5.92 Å². The second-order valence-corrected chi connectivity index (χ2v) is 5.00. The molecule has 2 unspecified atom stereocenters. The van der Waals surface area contributed by atoms with Crippen LogP contribution in [0.3, 0.4) is 0 Å². The van der Waals surface area contributed by atoms with Gasteiger partial charge in [-0.3, -0.25) is 0 Å². The van der Waals surface area contributed by atoms with Crippen LogP contribution in [0, 0.1) is 12.8 Å². The highest BCUT2D eigenvalue weighted by molar-refractivity contribution is 5.43. The van der Waals surface area contributed by atoms with Crippen molar-refractivity contribution < 1.29 is 4.74 Å². The quantitative estimate of drug-likeness (QED) is 0.872. The number of aromatic nitrogens is 1. The molecule has 3 heteroatoms. The maximum atomic E-state index is 5.96. The number of aryl methyl sites for hydroxylation is 1. The van der Waals surface area contributed by atoms with Gasteiger partial charge in [0.25, 0.3) is 0 Å². The van der Waals surface area contributed by atoms with E-state index in [1.165, 1.54) is 25.7 Å². The lowest BCUT2D eigenvalue weighted by Gasteiger charge is -2.28. The van der Waals surface area contributed by atoms with Gasteiger partial charge in [0.15, 0.2) is 0 Å². The fraction of sp³-hybridized carbons (Fsp3) is 0.643. The highest BCUT2D eigenvalue weighted by atomic mass is 16.5. The zero-order valence-electron chi connectivity index (χ0n) is 10.8. The van der Waals surface area contributed by atoms with Gasteiger partial charge in [-0.05, 0) is 38.2 Å². The number of hydrogen-bond acceptors (Lipinski definition) is 3. The van der Waals surface area contributed by atoms with Crippen molar-refractivity contribution in [3.05, 3.63) is 17.8 Å². The van der Waals surface area contributed by atoms with Crippen molar-refractivity contribution in [3.8, 4) is 5.88 Å². The van der Waals surface area contributed by atoms with E-state index in [0.717, 1.165) is 29.6 Å². The third-order valence-electron chi connectivity index (χ3n) is 3.70. The van der Waals surface area contributed by atoms with Gasteiger partial charge in [-0.2, -0.15) is 0 Å². The Morgan fingerprint density at radius 1 is 1.41 bits per heavy atom.